The number of nitrogens with zero attached hydrogens (tertiary/aromatic N) is 1. The summed E-state index contributed by atoms with van der Waals surface area (Å²) in [6, 6.07) is 13.1. The molecule has 1 fully saturated rings. The van der Waals surface area contributed by atoms with Crippen LogP contribution in [-0.2, 0) is 9.59 Å². The summed E-state index contributed by atoms with van der Waals surface area (Å²) in [5.74, 6) is 1.03. The molecule has 0 atom stereocenters. The molecule has 2 aromatic carbocycles. The van der Waals surface area contributed by atoms with E-state index in [9.17, 15) is 9.59 Å². The van der Waals surface area contributed by atoms with Crippen molar-refractivity contribution in [3.05, 3.63) is 42.5 Å². The van der Waals surface area contributed by atoms with Crippen molar-refractivity contribution >= 4 is 34.7 Å². The van der Waals surface area contributed by atoms with Crippen LogP contribution < -0.4 is 10.6 Å². The number of benzene rings is 2. The number of fused-ring (bicyclic) bond motifs is 1. The highest BCUT2D eigenvalue weighted by Crippen LogP contribution is 2.30. The minimum Gasteiger partial charge on any atom is -0.338 e. The van der Waals surface area contributed by atoms with Gasteiger partial charge in [-0.25, -0.2) is 4.98 Å². The van der Waals surface area contributed by atoms with Gasteiger partial charge in [0.25, 0.3) is 0 Å². The van der Waals surface area contributed by atoms with E-state index >= 15 is 0 Å². The molecule has 0 radical (unpaired) electrons. The molecule has 1 saturated carbocycles. The maximum Gasteiger partial charge on any atom is 0.227 e. The zero-order valence-corrected chi connectivity index (χ0v) is 12.9. The largest absolute Gasteiger partial charge is 0.338 e. The first-order valence-electron chi connectivity index (χ1n) is 7.84. The summed E-state index contributed by atoms with van der Waals surface area (Å²) in [7, 11) is 0. The maximum absolute atomic E-state index is 11.8. The van der Waals surface area contributed by atoms with Gasteiger partial charge < -0.3 is 15.6 Å². The van der Waals surface area contributed by atoms with E-state index < -0.39 is 0 Å². The Kier molecular flexibility index (Phi) is 3.49. The van der Waals surface area contributed by atoms with E-state index in [2.05, 4.69) is 20.6 Å². The molecule has 4 rings (SSSR count). The lowest BCUT2D eigenvalue weighted by molar-refractivity contribution is -0.117. The van der Waals surface area contributed by atoms with Gasteiger partial charge in [0.05, 0.1) is 11.0 Å². The number of rotatable bonds is 5. The van der Waals surface area contributed by atoms with E-state index in [0.29, 0.717) is 12.1 Å². The Hall–Kier alpha value is -3.15. The number of hydrogen-bond donors (Lipinski definition) is 3. The lowest BCUT2D eigenvalue weighted by atomic mass is 10.2. The van der Waals surface area contributed by atoms with Gasteiger partial charge in [-0.2, -0.15) is 0 Å². The smallest absolute Gasteiger partial charge is 0.227 e. The average molecular weight is 320 g/mol. The molecular formula is C18H16N4O2. The Labute approximate surface area is 138 Å². The minimum absolute atomic E-state index is 0.0988. The fraction of sp³-hybridized carbons (Fsp3) is 0.167. The normalized spacial score (nSPS) is 13.7. The first kappa shape index (κ1) is 14.4. The SMILES string of the molecule is O=CNc1ccc2nc(-c3ccc(NC(=O)C4CC4)cc3)[nH]c2c1. The average Bonchev–Trinajstić information content (AvgIpc) is 3.36. The van der Waals surface area contributed by atoms with E-state index in [4.69, 9.17) is 0 Å². The molecule has 1 aliphatic rings. The third kappa shape index (κ3) is 2.86. The fourth-order valence-corrected chi connectivity index (χ4v) is 2.61. The van der Waals surface area contributed by atoms with Crippen molar-refractivity contribution in [1.82, 2.24) is 9.97 Å². The molecule has 0 aliphatic heterocycles. The van der Waals surface area contributed by atoms with E-state index in [1.54, 1.807) is 6.07 Å². The number of aromatic amines is 1. The van der Waals surface area contributed by atoms with Gasteiger partial charge >= 0.3 is 0 Å². The van der Waals surface area contributed by atoms with E-state index in [0.717, 1.165) is 41.0 Å². The van der Waals surface area contributed by atoms with Crippen molar-refractivity contribution in [2.75, 3.05) is 10.6 Å². The number of H-pyrrole nitrogens is 1. The van der Waals surface area contributed by atoms with Gasteiger partial charge in [-0.3, -0.25) is 9.59 Å². The van der Waals surface area contributed by atoms with Crippen LogP contribution in [0.3, 0.4) is 0 Å². The summed E-state index contributed by atoms with van der Waals surface area (Å²) in [5.41, 5.74) is 4.12. The fourth-order valence-electron chi connectivity index (χ4n) is 2.61. The van der Waals surface area contributed by atoms with E-state index in [1.807, 2.05) is 36.4 Å². The minimum atomic E-state index is 0.0988. The van der Waals surface area contributed by atoms with Gasteiger partial charge in [-0.05, 0) is 55.3 Å². The number of aromatic nitrogens is 2. The molecule has 1 aromatic heterocycles. The second-order valence-electron chi connectivity index (χ2n) is 5.92. The first-order chi connectivity index (χ1) is 11.7. The van der Waals surface area contributed by atoms with Gasteiger partial charge in [0.2, 0.25) is 12.3 Å². The Morgan fingerprint density at radius 3 is 2.58 bits per heavy atom. The Morgan fingerprint density at radius 2 is 1.88 bits per heavy atom. The number of anilines is 2. The predicted molar refractivity (Wildman–Crippen MR) is 92.6 cm³/mol. The molecule has 3 aromatic rings. The van der Waals surface area contributed by atoms with E-state index in [-0.39, 0.29) is 11.8 Å². The number of amides is 2. The molecule has 1 heterocycles. The zero-order chi connectivity index (χ0) is 16.5. The maximum atomic E-state index is 11.8. The summed E-state index contributed by atoms with van der Waals surface area (Å²) in [6.45, 7) is 0. The lowest BCUT2D eigenvalue weighted by Gasteiger charge is -2.04. The highest BCUT2D eigenvalue weighted by atomic mass is 16.2. The summed E-state index contributed by atoms with van der Waals surface area (Å²) in [5, 5.41) is 5.54. The number of carbonyl (C=O) groups excluding carboxylic acids is 2. The first-order valence-corrected chi connectivity index (χ1v) is 7.84. The molecule has 120 valence electrons. The van der Waals surface area contributed by atoms with Gasteiger partial charge in [0, 0.05) is 22.9 Å². The van der Waals surface area contributed by atoms with Crippen LogP contribution in [0.2, 0.25) is 0 Å². The van der Waals surface area contributed by atoms with Crippen LogP contribution in [0.1, 0.15) is 12.8 Å². The van der Waals surface area contributed by atoms with Crippen molar-refractivity contribution in [3.8, 4) is 11.4 Å². The van der Waals surface area contributed by atoms with Gasteiger partial charge in [0.15, 0.2) is 0 Å². The van der Waals surface area contributed by atoms with Crippen LogP contribution in [0.4, 0.5) is 11.4 Å². The molecular weight excluding hydrogens is 304 g/mol. The van der Waals surface area contributed by atoms with Crippen molar-refractivity contribution in [2.45, 2.75) is 12.8 Å². The third-order valence-electron chi connectivity index (χ3n) is 4.08. The molecule has 0 unspecified atom stereocenters. The molecule has 2 amide bonds. The number of imidazole rings is 1. The Balaban J connectivity index is 1.57. The van der Waals surface area contributed by atoms with Crippen LogP contribution in [0.15, 0.2) is 42.5 Å². The molecule has 24 heavy (non-hydrogen) atoms. The van der Waals surface area contributed by atoms with Crippen molar-refractivity contribution in [2.24, 2.45) is 5.92 Å². The summed E-state index contributed by atoms with van der Waals surface area (Å²) < 4.78 is 0. The summed E-state index contributed by atoms with van der Waals surface area (Å²) in [6.07, 6.45) is 2.63. The molecule has 0 saturated heterocycles. The quantitative estimate of drug-likeness (QED) is 0.631. The molecule has 1 aliphatic carbocycles. The van der Waals surface area contributed by atoms with Crippen LogP contribution in [-0.4, -0.2) is 22.3 Å². The molecule has 0 bridgehead atoms. The van der Waals surface area contributed by atoms with Crippen LogP contribution in [0.25, 0.3) is 22.4 Å². The van der Waals surface area contributed by atoms with Crippen LogP contribution >= 0.6 is 0 Å². The second-order valence-corrected chi connectivity index (χ2v) is 5.92. The van der Waals surface area contributed by atoms with Crippen molar-refractivity contribution in [3.63, 3.8) is 0 Å². The number of carbonyl (C=O) groups is 2. The van der Waals surface area contributed by atoms with Crippen molar-refractivity contribution in [1.29, 1.82) is 0 Å². The standard InChI is InChI=1S/C18H16N4O2/c23-10-19-14-7-8-15-16(9-14)22-17(21-15)11-3-5-13(6-4-11)20-18(24)12-1-2-12/h3-10,12H,1-2H2,(H,19,23)(H,20,24)(H,21,22). The highest BCUT2D eigenvalue weighted by Gasteiger charge is 2.29. The topological polar surface area (TPSA) is 86.9 Å². The highest BCUT2D eigenvalue weighted by molar-refractivity contribution is 5.94. The molecule has 0 spiro atoms. The van der Waals surface area contributed by atoms with Crippen LogP contribution in [0, 0.1) is 5.92 Å². The third-order valence-corrected chi connectivity index (χ3v) is 4.08. The number of nitrogens with one attached hydrogen (secondary N) is 3. The zero-order valence-electron chi connectivity index (χ0n) is 12.9. The van der Waals surface area contributed by atoms with Gasteiger partial charge in [-0.1, -0.05) is 0 Å². The monoisotopic (exact) mass is 320 g/mol. The van der Waals surface area contributed by atoms with Crippen molar-refractivity contribution < 1.29 is 9.59 Å². The summed E-state index contributed by atoms with van der Waals surface area (Å²) in [4.78, 5) is 30.1. The van der Waals surface area contributed by atoms with Gasteiger partial charge in [0.1, 0.15) is 5.82 Å². The predicted octanol–water partition coefficient (Wildman–Crippen LogP) is 3.15. The van der Waals surface area contributed by atoms with E-state index in [1.165, 1.54) is 0 Å². The Morgan fingerprint density at radius 1 is 1.12 bits per heavy atom. The summed E-state index contributed by atoms with van der Waals surface area (Å²) >= 11 is 0. The lowest BCUT2D eigenvalue weighted by Crippen LogP contribution is -2.12. The number of hydrogen-bond acceptors (Lipinski definition) is 3. The molecule has 3 N–H and O–H groups in total. The second kappa shape index (κ2) is 5.81. The van der Waals surface area contributed by atoms with Crippen LogP contribution in [0.5, 0.6) is 0 Å². The Bertz CT molecular complexity index is 910. The molecule has 6 nitrogen and oxygen atoms in total. The molecule has 6 heteroatoms. The van der Waals surface area contributed by atoms with Gasteiger partial charge in [-0.15, -0.1) is 0 Å².